The first-order chi connectivity index (χ1) is 43.0. The number of rotatable bonds is 20. The van der Waals surface area contributed by atoms with Crippen molar-refractivity contribution >= 4 is 84.7 Å². The second-order valence-electron chi connectivity index (χ2n) is 25.5. The van der Waals surface area contributed by atoms with Crippen LogP contribution in [0.1, 0.15) is 128 Å². The Morgan fingerprint density at radius 1 is 0.901 bits per heavy atom. The fourth-order valence-electron chi connectivity index (χ4n) is 11.6. The molecule has 91 heavy (non-hydrogen) atoms. The molecule has 1 fully saturated rings. The minimum Gasteiger partial charge on any atom is -0.497 e. The number of methoxy groups -OCH3 is 1. The molecule has 1 saturated heterocycles. The molecule has 2 heterocycles. The zero-order valence-electron chi connectivity index (χ0n) is 53.5. The van der Waals surface area contributed by atoms with Gasteiger partial charge in [-0.2, -0.15) is 0 Å². The van der Waals surface area contributed by atoms with Crippen molar-refractivity contribution in [1.82, 2.24) is 36.8 Å². The van der Waals surface area contributed by atoms with E-state index in [1.807, 2.05) is 55.5 Å². The van der Waals surface area contributed by atoms with Gasteiger partial charge in [-0.25, -0.2) is 9.59 Å². The van der Waals surface area contributed by atoms with E-state index >= 15 is 9.59 Å². The van der Waals surface area contributed by atoms with Gasteiger partial charge >= 0.3 is 12.1 Å². The number of Topliss-reactive ketones (excluding diaryl/α,β-unsaturated/α-hetero) is 2. The zero-order chi connectivity index (χ0) is 66.6. The van der Waals surface area contributed by atoms with Crippen molar-refractivity contribution in [3.8, 4) is 29.2 Å². The Kier molecular flexibility index (Phi) is 24.0. The average Bonchev–Trinajstić information content (AvgIpc) is 1.68. The minimum absolute atomic E-state index is 0.00179. The lowest BCUT2D eigenvalue weighted by Crippen LogP contribution is -2.58. The third-order valence-corrected chi connectivity index (χ3v) is 24.1. The molecule has 7 rings (SSSR count). The number of nitrogens with zero attached hydrogens (tertiary/aromatic N) is 1. The molecule has 0 saturated carbocycles. The Morgan fingerprint density at radius 3 is 2.20 bits per heavy atom. The van der Waals surface area contributed by atoms with E-state index in [0.29, 0.717) is 28.2 Å². The highest BCUT2D eigenvalue weighted by Gasteiger charge is 2.45. The van der Waals surface area contributed by atoms with E-state index in [2.05, 4.69) is 71.7 Å². The number of alkyl carbamates (subject to hydrolysis) is 1. The number of hydrogen-bond acceptors (Lipinski definition) is 15. The molecule has 2 aliphatic heterocycles. The van der Waals surface area contributed by atoms with Crippen LogP contribution in [0.3, 0.4) is 0 Å². The van der Waals surface area contributed by atoms with Crippen LogP contribution in [0, 0.1) is 24.2 Å². The van der Waals surface area contributed by atoms with Crippen molar-refractivity contribution in [1.29, 1.82) is 0 Å². The van der Waals surface area contributed by atoms with E-state index < -0.39 is 160 Å². The number of terminal acetylenes is 1. The van der Waals surface area contributed by atoms with Gasteiger partial charge in [-0.1, -0.05) is 103 Å². The number of thioether (sulfide) groups is 1. The summed E-state index contributed by atoms with van der Waals surface area (Å²) in [7, 11) is -1.02. The van der Waals surface area contributed by atoms with Crippen LogP contribution in [-0.2, 0) is 58.7 Å². The number of allylic oxidation sites excluding steroid dienone is 1. The van der Waals surface area contributed by atoms with Crippen LogP contribution >= 0.6 is 11.8 Å². The number of hydrogen-bond donors (Lipinski definition) is 8. The number of aliphatic hydroxyl groups is 1. The van der Waals surface area contributed by atoms with Crippen molar-refractivity contribution < 1.29 is 72.1 Å². The number of ether oxygens (including phenoxy) is 2. The number of aliphatic carboxylic acids is 1. The van der Waals surface area contributed by atoms with Gasteiger partial charge in [0.25, 0.3) is 0 Å². The van der Waals surface area contributed by atoms with E-state index in [1.54, 1.807) is 39.0 Å². The van der Waals surface area contributed by atoms with E-state index in [1.165, 1.54) is 7.11 Å². The number of fused-ring (bicyclic) bond motifs is 5. The molecule has 10 atom stereocenters. The zero-order valence-corrected chi connectivity index (χ0v) is 55.3. The van der Waals surface area contributed by atoms with Crippen LogP contribution in [0.25, 0.3) is 16.7 Å². The largest absolute Gasteiger partial charge is 0.497 e. The summed E-state index contributed by atoms with van der Waals surface area (Å²) in [5.41, 5.74) is 5.94. The highest BCUT2D eigenvalue weighted by molar-refractivity contribution is 8.03. The van der Waals surface area contributed by atoms with Crippen molar-refractivity contribution in [2.75, 3.05) is 32.6 Å². The summed E-state index contributed by atoms with van der Waals surface area (Å²) in [5, 5.41) is 36.6. The summed E-state index contributed by atoms with van der Waals surface area (Å²) in [6.45, 7) is 16.4. The maximum atomic E-state index is 15.4. The van der Waals surface area contributed by atoms with Gasteiger partial charge in [0, 0.05) is 81.6 Å². The fourth-order valence-corrected chi connectivity index (χ4v) is 14.3. The number of benzene rings is 3. The number of carboxylic acid groups (broad SMARTS) is 1. The molecule has 24 heteroatoms. The van der Waals surface area contributed by atoms with Crippen molar-refractivity contribution in [2.45, 2.75) is 179 Å². The Balaban J connectivity index is 1.27. The lowest BCUT2D eigenvalue weighted by molar-refractivity contribution is -0.149. The minimum atomic E-state index is -2.52. The maximum Gasteiger partial charge on any atom is 0.407 e. The number of ketones is 2. The summed E-state index contributed by atoms with van der Waals surface area (Å²) >= 11 is 1.11. The molecule has 7 amide bonds. The first-order valence-corrected chi connectivity index (χ1v) is 34.9. The van der Waals surface area contributed by atoms with Crippen LogP contribution in [0.5, 0.6) is 5.75 Å². The lowest BCUT2D eigenvalue weighted by atomic mass is 9.93. The summed E-state index contributed by atoms with van der Waals surface area (Å²) in [6, 6.07) is 12.4. The first kappa shape index (κ1) is 70.6. The topological polar surface area (TPSA) is 314 Å². The molecule has 8 N–H and O–H groups in total. The molecule has 0 radical (unpaired) electrons. The molecule has 2 aliphatic carbocycles. The van der Waals surface area contributed by atoms with E-state index in [4.69, 9.17) is 20.3 Å². The van der Waals surface area contributed by atoms with Gasteiger partial charge in [-0.3, -0.25) is 38.4 Å². The molecule has 22 nitrogen and oxygen atoms in total. The quantitative estimate of drug-likeness (QED) is 0.0481. The Labute approximate surface area is 537 Å². The highest BCUT2D eigenvalue weighted by Crippen LogP contribution is 2.46. The number of nitrogens with one attached hydrogen (secondary N) is 6. The number of amides is 7. The van der Waals surface area contributed by atoms with Crippen LogP contribution in [0.15, 0.2) is 71.6 Å². The number of aliphatic hydroxyl groups excluding tert-OH is 1. The van der Waals surface area contributed by atoms with E-state index in [0.717, 1.165) is 44.5 Å². The van der Waals surface area contributed by atoms with Gasteiger partial charge in [0.05, 0.1) is 25.8 Å². The fraction of sp³-hybridized carbons (Fsp3) is 0.522. The molecule has 3 aromatic carbocycles. The van der Waals surface area contributed by atoms with Crippen molar-refractivity contribution in [3.05, 3.63) is 93.9 Å². The van der Waals surface area contributed by atoms with Gasteiger partial charge < -0.3 is 60.9 Å². The summed E-state index contributed by atoms with van der Waals surface area (Å²) in [6.07, 6.45) is 1.19. The maximum absolute atomic E-state index is 15.4. The molecule has 0 unspecified atom stereocenters. The molecule has 0 bridgehead atoms. The van der Waals surface area contributed by atoms with E-state index in [-0.39, 0.29) is 55.4 Å². The number of carbonyl (C=O) groups excluding carboxylic acids is 9. The Bertz CT molecular complexity index is 3300. The third-order valence-electron chi connectivity index (χ3n) is 18.2. The monoisotopic (exact) mass is 1290 g/mol. The summed E-state index contributed by atoms with van der Waals surface area (Å²) < 4.78 is 18.5. The number of carboxylic acids is 1. The number of β-amino-alcohol motifs (C(OH)–C–C–N with tert-alkyl or cyclic N) is 1. The number of likely N-dealkylation sites (tertiary alicyclic amines) is 1. The van der Waals surface area contributed by atoms with Crippen LogP contribution < -0.4 is 36.6 Å². The predicted molar refractivity (Wildman–Crippen MR) is 345 cm³/mol. The predicted octanol–water partition coefficient (Wildman–Crippen LogP) is 5.92. The Morgan fingerprint density at radius 2 is 1.57 bits per heavy atom. The highest BCUT2D eigenvalue weighted by atomic mass is 32.2. The average molecular weight is 1290 g/mol. The van der Waals surface area contributed by atoms with Crippen LogP contribution in [0.2, 0.25) is 18.1 Å². The molecule has 3 aromatic rings. The lowest BCUT2D eigenvalue weighted by Gasteiger charge is -2.41. The second kappa shape index (κ2) is 31.0. The van der Waals surface area contributed by atoms with Gasteiger partial charge in [-0.15, -0.1) is 24.1 Å². The van der Waals surface area contributed by atoms with Crippen molar-refractivity contribution in [3.63, 3.8) is 0 Å². The summed E-state index contributed by atoms with van der Waals surface area (Å²) in [5.74, 6) is -6.43. The van der Waals surface area contributed by atoms with Crippen molar-refractivity contribution in [2.24, 2.45) is 11.8 Å². The van der Waals surface area contributed by atoms with Gasteiger partial charge in [0.1, 0.15) is 48.3 Å². The third kappa shape index (κ3) is 17.6. The molecule has 0 aromatic heterocycles. The second-order valence-corrected chi connectivity index (χ2v) is 31.4. The van der Waals surface area contributed by atoms with E-state index in [9.17, 15) is 48.6 Å². The SMILES string of the molecule is C#CCCC(=O)C[C@@H](NC(=O)[C@H]1CSC2=C(C[C@@H](NC(=O)[C@@H](NC(=O)OCC3c4ccccc4-c4ccccc43)[C@@H](C)[C@H](C)O[Si](C)(C)C(C)(C)C)C(=O)CCC(=O)N[C@@H]([C@@H](C)CC)C(=O)NCC(=O)N1)c1ccc(OC)cc1C2)C(=O)N1C[C@H](O)C[C@H]1C(=O)O. The van der Waals surface area contributed by atoms with Gasteiger partial charge in [0.2, 0.25) is 35.4 Å². The normalized spacial score (nSPS) is 21.6. The number of carbonyl (C=O) groups is 10. The smallest absolute Gasteiger partial charge is 0.407 e. The first-order valence-electron chi connectivity index (χ1n) is 31.0. The van der Waals surface area contributed by atoms with Gasteiger partial charge in [0.15, 0.2) is 14.1 Å². The van der Waals surface area contributed by atoms with Crippen LogP contribution in [-0.4, -0.2) is 164 Å². The molecular weight excluding hydrogens is 1200 g/mol. The Hall–Kier alpha value is -7.85. The van der Waals surface area contributed by atoms with Gasteiger partial charge in [-0.05, 0) is 87.0 Å². The molecular formula is C67H87N7O15SSi. The molecule has 4 aliphatic rings. The summed E-state index contributed by atoms with van der Waals surface area (Å²) in [4.78, 5) is 143. The molecule has 0 spiro atoms. The van der Waals surface area contributed by atoms with Crippen LogP contribution in [0.4, 0.5) is 4.79 Å². The molecule has 490 valence electrons. The standard InChI is InChI=1S/C67H87N7O15SSi/c1-12-14-19-41(75)30-52(64(83)74-34-42(76)31-54(74)65(84)85)71-61(80)53-36-90-56-29-40-28-43(87-9)24-25-44(40)49(56)32-51(55(77)26-27-57(78)72-59(37(3)13-2)62(81)68-33-58(79)69-53)70-63(82)60(38(4)39(5)89-91(10,11)67(6,7)8)73-66(86)88-35-50-47-22-17-15-20-45(47)46-21-16-18-23-48(46)50/h1,15-18,20-25,28,37-39,42,50-54,59-60,76H,13-14,19,26-27,29-36H2,2-11H3,(H,68,81)(H,69,79)(H,70,82)(H,71,80)(H,72,78)(H,73,86)(H,84,85)/t37-,38-,39-,42+,51+,52+,53+,54-,59-,60-/m0/s1.